The van der Waals surface area contributed by atoms with E-state index < -0.39 is 16.1 Å². The summed E-state index contributed by atoms with van der Waals surface area (Å²) in [5, 5.41) is 3.29. The molecule has 0 amide bonds. The maximum atomic E-state index is 3.62. The summed E-state index contributed by atoms with van der Waals surface area (Å²) in [4.78, 5) is 0. The van der Waals surface area contributed by atoms with Crippen LogP contribution < -0.4 is 24.8 Å². The molecule has 148 valence electrons. The minimum absolute atomic E-state index is 0. The fourth-order valence-corrected chi connectivity index (χ4v) is 10.3. The fourth-order valence-electron chi connectivity index (χ4n) is 4.25. The Labute approximate surface area is 201 Å². The topological polar surface area (TPSA) is 0 Å². The number of halogens is 2. The van der Waals surface area contributed by atoms with Gasteiger partial charge in [-0.3, -0.25) is 12.2 Å². The van der Waals surface area contributed by atoms with Crippen molar-refractivity contribution in [2.24, 2.45) is 0 Å². The van der Waals surface area contributed by atoms with Crippen LogP contribution in [-0.4, -0.2) is 16.1 Å². The fraction of sp³-hybridized carbons (Fsp3) is 0.636. The van der Waals surface area contributed by atoms with Gasteiger partial charge >= 0.3 is 26.2 Å². The summed E-state index contributed by atoms with van der Waals surface area (Å²) < 4.78 is 0. The van der Waals surface area contributed by atoms with E-state index in [4.69, 9.17) is 0 Å². The van der Waals surface area contributed by atoms with Crippen molar-refractivity contribution in [3.05, 3.63) is 45.8 Å². The average molecular weight is 517 g/mol. The van der Waals surface area contributed by atoms with Crippen LogP contribution in [0.3, 0.4) is 0 Å². The van der Waals surface area contributed by atoms with E-state index >= 15 is 0 Å². The van der Waals surface area contributed by atoms with Gasteiger partial charge in [0.25, 0.3) is 0 Å². The zero-order chi connectivity index (χ0) is 17.2. The van der Waals surface area contributed by atoms with Crippen LogP contribution in [-0.2, 0) is 26.2 Å². The summed E-state index contributed by atoms with van der Waals surface area (Å²) in [6.45, 7) is 9.52. The molecule has 5 heteroatoms. The van der Waals surface area contributed by atoms with Gasteiger partial charge in [0.2, 0.25) is 0 Å². The molecule has 2 saturated heterocycles. The summed E-state index contributed by atoms with van der Waals surface area (Å²) in [6, 6.07) is 6.07. The molecule has 0 aromatic heterocycles. The molecule has 2 heterocycles. The summed E-state index contributed by atoms with van der Waals surface area (Å²) >= 11 is 0. The van der Waals surface area contributed by atoms with Crippen molar-refractivity contribution in [3.63, 3.8) is 0 Å². The van der Waals surface area contributed by atoms with E-state index in [1.165, 1.54) is 73.8 Å². The van der Waals surface area contributed by atoms with Gasteiger partial charge in [0.1, 0.15) is 0 Å². The molecule has 0 nitrogen and oxygen atoms in total. The third kappa shape index (κ3) is 6.42. The van der Waals surface area contributed by atoms with E-state index in [-0.39, 0.29) is 51.0 Å². The van der Waals surface area contributed by atoms with E-state index in [9.17, 15) is 0 Å². The Morgan fingerprint density at radius 2 is 1.07 bits per heavy atom. The molecule has 4 rings (SSSR count). The van der Waals surface area contributed by atoms with Gasteiger partial charge in [0.05, 0.1) is 0 Å². The van der Waals surface area contributed by atoms with Crippen LogP contribution in [0.15, 0.2) is 33.7 Å². The SMILES string of the molecule is CCC1=[C-]C([Si]2(C)CCC2)=CC1.CCC1=[C-]C([Si]2(C)CCC2)=CC1.[Cl-].[Cl-].[Zr+4]. The number of allylic oxidation sites excluding steroid dienone is 8. The van der Waals surface area contributed by atoms with Crippen LogP contribution in [0.4, 0.5) is 0 Å². The van der Waals surface area contributed by atoms with E-state index in [0.717, 1.165) is 0 Å². The van der Waals surface area contributed by atoms with E-state index in [1.54, 1.807) is 10.4 Å². The molecule has 0 bridgehead atoms. The first-order valence-corrected chi connectivity index (χ1v) is 16.0. The Balaban J connectivity index is 0.000000451. The predicted molar refractivity (Wildman–Crippen MR) is 111 cm³/mol. The second-order valence-corrected chi connectivity index (χ2v) is 18.0. The van der Waals surface area contributed by atoms with Gasteiger partial charge in [-0.05, 0) is 0 Å². The largest absolute Gasteiger partial charge is 4.00 e. The molecular formula is C22H34Cl2Si2Zr. The molecule has 2 aliphatic heterocycles. The Hall–Kier alpha value is 0.857. The molecule has 0 radical (unpaired) electrons. The Morgan fingerprint density at radius 3 is 1.26 bits per heavy atom. The molecule has 2 aliphatic carbocycles. The van der Waals surface area contributed by atoms with Gasteiger partial charge in [-0.25, -0.2) is 22.5 Å². The second kappa shape index (κ2) is 11.9. The summed E-state index contributed by atoms with van der Waals surface area (Å²) in [6.07, 6.45) is 19.9. The quantitative estimate of drug-likeness (QED) is 0.386. The monoisotopic (exact) mass is 514 g/mol. The molecular weight excluding hydrogens is 483 g/mol. The van der Waals surface area contributed by atoms with Crippen LogP contribution in [0.2, 0.25) is 37.3 Å². The molecule has 0 spiro atoms. The Morgan fingerprint density at radius 1 is 0.741 bits per heavy atom. The van der Waals surface area contributed by atoms with Crippen molar-refractivity contribution in [1.29, 1.82) is 0 Å². The van der Waals surface area contributed by atoms with Crippen LogP contribution in [0.1, 0.15) is 52.4 Å². The zero-order valence-corrected chi connectivity index (χ0v) is 23.5. The zero-order valence-electron chi connectivity index (χ0n) is 17.5. The van der Waals surface area contributed by atoms with Gasteiger partial charge < -0.3 is 24.8 Å². The van der Waals surface area contributed by atoms with Crippen molar-refractivity contribution in [2.45, 2.75) is 89.6 Å². The summed E-state index contributed by atoms with van der Waals surface area (Å²) in [5.41, 5.74) is 3.07. The third-order valence-corrected chi connectivity index (χ3v) is 15.9. The molecule has 0 saturated carbocycles. The maximum absolute atomic E-state index is 3.62. The molecule has 0 aromatic rings. The first kappa shape index (κ1) is 27.9. The van der Waals surface area contributed by atoms with Crippen LogP contribution >= 0.6 is 0 Å². The van der Waals surface area contributed by atoms with E-state index in [1.807, 2.05) is 0 Å². The standard InChI is InChI=1S/2C11H17Si.2ClH.Zr/c2*1-3-10-5-6-11(9-10)12(2)7-4-8-12;;;/h2*6H,3-5,7-8H2,1-2H3;2*1H;/q2*-1;;;+4/p-2. The van der Waals surface area contributed by atoms with Crippen LogP contribution in [0.5, 0.6) is 0 Å². The minimum Gasteiger partial charge on any atom is -1.00 e. The number of hydrogen-bond acceptors (Lipinski definition) is 0. The first-order valence-electron chi connectivity index (χ1n) is 10.1. The van der Waals surface area contributed by atoms with Gasteiger partial charge in [0, 0.05) is 16.1 Å². The number of hydrogen-bond donors (Lipinski definition) is 0. The van der Waals surface area contributed by atoms with Gasteiger partial charge in [-0.1, -0.05) is 89.6 Å². The number of rotatable bonds is 4. The molecule has 4 aliphatic rings. The maximum Gasteiger partial charge on any atom is 4.00 e. The molecule has 0 aromatic carbocycles. The molecule has 27 heavy (non-hydrogen) atoms. The molecule has 0 unspecified atom stereocenters. The first-order chi connectivity index (χ1) is 11.5. The third-order valence-electron chi connectivity index (χ3n) is 6.80. The van der Waals surface area contributed by atoms with Crippen molar-refractivity contribution in [3.8, 4) is 0 Å². The molecule has 0 N–H and O–H groups in total. The average Bonchev–Trinajstić information content (AvgIpc) is 3.20. The Kier molecular flexibility index (Phi) is 12.3. The second-order valence-electron chi connectivity index (χ2n) is 8.64. The van der Waals surface area contributed by atoms with E-state index in [0.29, 0.717) is 0 Å². The van der Waals surface area contributed by atoms with E-state index in [2.05, 4.69) is 51.2 Å². The van der Waals surface area contributed by atoms with Gasteiger partial charge in [0.15, 0.2) is 0 Å². The molecule has 2 fully saturated rings. The van der Waals surface area contributed by atoms with Crippen molar-refractivity contribution in [1.82, 2.24) is 0 Å². The smallest absolute Gasteiger partial charge is 1.00 e. The van der Waals surface area contributed by atoms with Gasteiger partial charge in [-0.2, -0.15) is 11.1 Å². The minimum atomic E-state index is -0.893. The van der Waals surface area contributed by atoms with Crippen molar-refractivity contribution >= 4 is 16.1 Å². The Bertz CT molecular complexity index is 558. The summed E-state index contributed by atoms with van der Waals surface area (Å²) in [5.74, 6) is 0. The van der Waals surface area contributed by atoms with Crippen molar-refractivity contribution < 1.29 is 51.0 Å². The predicted octanol–water partition coefficient (Wildman–Crippen LogP) is 0.961. The summed E-state index contributed by atoms with van der Waals surface area (Å²) in [7, 11) is -1.79. The van der Waals surface area contributed by atoms with Gasteiger partial charge in [-0.15, -0.1) is 0 Å². The normalized spacial score (nSPS) is 23.3. The molecule has 0 atom stereocenters. The van der Waals surface area contributed by atoms with Crippen molar-refractivity contribution in [2.75, 3.05) is 0 Å². The van der Waals surface area contributed by atoms with Crippen LogP contribution in [0.25, 0.3) is 0 Å². The van der Waals surface area contributed by atoms with Crippen LogP contribution in [0, 0.1) is 12.2 Å².